The van der Waals surface area contributed by atoms with E-state index >= 15 is 0 Å². The van der Waals surface area contributed by atoms with Crippen molar-refractivity contribution in [1.29, 1.82) is 0 Å². The smallest absolute Gasteiger partial charge is 0.387 e. The molecule has 0 radical (unpaired) electrons. The molecule has 134 valence electrons. The van der Waals surface area contributed by atoms with Crippen LogP contribution in [0.4, 0.5) is 8.78 Å². The van der Waals surface area contributed by atoms with E-state index in [1.807, 2.05) is 0 Å². The van der Waals surface area contributed by atoms with Crippen molar-refractivity contribution in [2.24, 2.45) is 0 Å². The number of ether oxygens (including phenoxy) is 3. The maximum absolute atomic E-state index is 13.0. The van der Waals surface area contributed by atoms with Crippen LogP contribution in [0.5, 0.6) is 5.75 Å². The number of benzene rings is 1. The summed E-state index contributed by atoms with van der Waals surface area (Å²) in [5, 5.41) is 0. The summed E-state index contributed by atoms with van der Waals surface area (Å²) in [7, 11) is -4.01. The second-order valence-corrected chi connectivity index (χ2v) is 7.47. The zero-order chi connectivity index (χ0) is 17.2. The van der Waals surface area contributed by atoms with Gasteiger partial charge in [-0.1, -0.05) is 18.6 Å². The minimum absolute atomic E-state index is 0.268. The Hall–Kier alpha value is -1.29. The first-order valence-electron chi connectivity index (χ1n) is 7.79. The molecule has 0 aliphatic carbocycles. The molecule has 2 aliphatic rings. The molecule has 9 heteroatoms. The average molecular weight is 363 g/mol. The van der Waals surface area contributed by atoms with Crippen molar-refractivity contribution < 1.29 is 31.4 Å². The van der Waals surface area contributed by atoms with Crippen LogP contribution in [-0.2, 0) is 19.5 Å². The molecule has 1 unspecified atom stereocenters. The topological polar surface area (TPSA) is 65.1 Å². The standard InChI is InChI=1S/C15H19F2NO5S/c16-15(17)23-12-6-1-2-7-13(12)24(19,20)18-8-4-3-5-11(18)14-21-9-10-22-14/h1-2,6-7,11,14-15H,3-5,8-10H2. The Kier molecular flexibility index (Phi) is 5.33. The van der Waals surface area contributed by atoms with E-state index in [1.165, 1.54) is 28.6 Å². The van der Waals surface area contributed by atoms with Crippen LogP contribution in [0.15, 0.2) is 29.2 Å². The molecule has 24 heavy (non-hydrogen) atoms. The lowest BCUT2D eigenvalue weighted by molar-refractivity contribution is -0.0914. The van der Waals surface area contributed by atoms with E-state index in [1.54, 1.807) is 0 Å². The summed E-state index contributed by atoms with van der Waals surface area (Å²) >= 11 is 0. The van der Waals surface area contributed by atoms with Crippen molar-refractivity contribution in [2.75, 3.05) is 19.8 Å². The third-order valence-electron chi connectivity index (χ3n) is 4.11. The normalized spacial score (nSPS) is 23.7. The van der Waals surface area contributed by atoms with Crippen molar-refractivity contribution in [2.45, 2.75) is 43.1 Å². The first-order valence-corrected chi connectivity index (χ1v) is 9.23. The number of hydrogen-bond donors (Lipinski definition) is 0. The Morgan fingerprint density at radius 3 is 2.58 bits per heavy atom. The average Bonchev–Trinajstić information content (AvgIpc) is 3.09. The molecule has 2 aliphatic heterocycles. The molecule has 0 aromatic heterocycles. The van der Waals surface area contributed by atoms with Crippen LogP contribution in [0.2, 0.25) is 0 Å². The molecule has 0 bridgehead atoms. The van der Waals surface area contributed by atoms with Gasteiger partial charge in [-0.05, 0) is 25.0 Å². The molecular weight excluding hydrogens is 344 g/mol. The maximum Gasteiger partial charge on any atom is 0.387 e. The number of halogens is 2. The molecular formula is C15H19F2NO5S. The van der Waals surface area contributed by atoms with Gasteiger partial charge in [0.05, 0.1) is 19.3 Å². The SMILES string of the molecule is O=S(=O)(c1ccccc1OC(F)F)N1CCCCC1C1OCCO1. The van der Waals surface area contributed by atoms with Gasteiger partial charge in [0.25, 0.3) is 0 Å². The second kappa shape index (κ2) is 7.30. The fourth-order valence-corrected chi connectivity index (χ4v) is 4.89. The van der Waals surface area contributed by atoms with Crippen LogP contribution in [0.1, 0.15) is 19.3 Å². The minimum atomic E-state index is -4.01. The Balaban J connectivity index is 1.93. The van der Waals surface area contributed by atoms with Gasteiger partial charge in [-0.3, -0.25) is 0 Å². The second-order valence-electron chi connectivity index (χ2n) is 5.61. The van der Waals surface area contributed by atoms with E-state index in [0.29, 0.717) is 32.6 Å². The van der Waals surface area contributed by atoms with E-state index in [2.05, 4.69) is 4.74 Å². The molecule has 3 rings (SSSR count). The Labute approximate surface area is 139 Å². The summed E-state index contributed by atoms with van der Waals surface area (Å²) in [4.78, 5) is -0.268. The lowest BCUT2D eigenvalue weighted by Crippen LogP contribution is -2.50. The van der Waals surface area contributed by atoms with Crippen LogP contribution >= 0.6 is 0 Å². The monoisotopic (exact) mass is 363 g/mol. The molecule has 0 saturated carbocycles. The van der Waals surface area contributed by atoms with Crippen LogP contribution in [0.3, 0.4) is 0 Å². The molecule has 1 atom stereocenters. The van der Waals surface area contributed by atoms with Gasteiger partial charge >= 0.3 is 6.61 Å². The van der Waals surface area contributed by atoms with Crippen molar-refractivity contribution in [1.82, 2.24) is 4.31 Å². The van der Waals surface area contributed by atoms with Gasteiger partial charge in [-0.2, -0.15) is 13.1 Å². The minimum Gasteiger partial charge on any atom is -0.433 e. The highest BCUT2D eigenvalue weighted by Crippen LogP contribution is 2.33. The Morgan fingerprint density at radius 2 is 1.88 bits per heavy atom. The molecule has 1 aromatic rings. The van der Waals surface area contributed by atoms with E-state index in [0.717, 1.165) is 6.42 Å². The zero-order valence-corrected chi connectivity index (χ0v) is 13.8. The van der Waals surface area contributed by atoms with E-state index in [9.17, 15) is 17.2 Å². The van der Waals surface area contributed by atoms with Crippen molar-refractivity contribution in [3.05, 3.63) is 24.3 Å². The number of piperidine rings is 1. The number of hydrogen-bond acceptors (Lipinski definition) is 5. The number of para-hydroxylation sites is 1. The van der Waals surface area contributed by atoms with Crippen molar-refractivity contribution in [3.8, 4) is 5.75 Å². The van der Waals surface area contributed by atoms with E-state index in [4.69, 9.17) is 9.47 Å². The Morgan fingerprint density at radius 1 is 1.17 bits per heavy atom. The third kappa shape index (κ3) is 3.53. The first-order chi connectivity index (χ1) is 11.5. The predicted octanol–water partition coefficient (Wildman–Crippen LogP) is 2.20. The highest BCUT2D eigenvalue weighted by molar-refractivity contribution is 7.89. The molecule has 2 saturated heterocycles. The van der Waals surface area contributed by atoms with Gasteiger partial charge in [-0.15, -0.1) is 0 Å². The highest BCUT2D eigenvalue weighted by Gasteiger charge is 2.41. The van der Waals surface area contributed by atoms with Crippen molar-refractivity contribution >= 4 is 10.0 Å². The van der Waals surface area contributed by atoms with E-state index < -0.39 is 29.0 Å². The lowest BCUT2D eigenvalue weighted by atomic mass is 10.0. The van der Waals surface area contributed by atoms with Crippen molar-refractivity contribution in [3.63, 3.8) is 0 Å². The molecule has 0 N–H and O–H groups in total. The molecule has 6 nitrogen and oxygen atoms in total. The van der Waals surface area contributed by atoms with Crippen LogP contribution in [0, 0.1) is 0 Å². The summed E-state index contributed by atoms with van der Waals surface area (Å²) in [6, 6.07) is 4.96. The summed E-state index contributed by atoms with van der Waals surface area (Å²) in [6.07, 6.45) is 1.53. The number of nitrogens with zero attached hydrogens (tertiary/aromatic N) is 1. The lowest BCUT2D eigenvalue weighted by Gasteiger charge is -2.37. The quantitative estimate of drug-likeness (QED) is 0.803. The van der Waals surface area contributed by atoms with Gasteiger partial charge in [0, 0.05) is 6.54 Å². The van der Waals surface area contributed by atoms with Gasteiger partial charge in [0.1, 0.15) is 10.6 Å². The van der Waals surface area contributed by atoms with Gasteiger partial charge in [0.2, 0.25) is 10.0 Å². The summed E-state index contributed by atoms with van der Waals surface area (Å²) in [5.74, 6) is -0.356. The molecule has 0 spiro atoms. The summed E-state index contributed by atoms with van der Waals surface area (Å²) in [6.45, 7) is -1.97. The summed E-state index contributed by atoms with van der Waals surface area (Å²) in [5.41, 5.74) is 0. The Bertz CT molecular complexity index is 664. The fourth-order valence-electron chi connectivity index (χ4n) is 3.08. The highest BCUT2D eigenvalue weighted by atomic mass is 32.2. The van der Waals surface area contributed by atoms with Gasteiger partial charge in [0.15, 0.2) is 6.29 Å². The summed E-state index contributed by atoms with van der Waals surface area (Å²) < 4.78 is 67.9. The van der Waals surface area contributed by atoms with Crippen LogP contribution < -0.4 is 4.74 Å². The molecule has 2 heterocycles. The zero-order valence-electron chi connectivity index (χ0n) is 12.9. The largest absolute Gasteiger partial charge is 0.433 e. The number of sulfonamides is 1. The number of rotatable bonds is 5. The predicted molar refractivity (Wildman–Crippen MR) is 80.3 cm³/mol. The van der Waals surface area contributed by atoms with Crippen LogP contribution in [-0.4, -0.2) is 51.4 Å². The molecule has 1 aromatic carbocycles. The number of alkyl halides is 2. The third-order valence-corrected chi connectivity index (χ3v) is 6.08. The molecule has 0 amide bonds. The first kappa shape index (κ1) is 17.5. The van der Waals surface area contributed by atoms with Crippen LogP contribution in [0.25, 0.3) is 0 Å². The van der Waals surface area contributed by atoms with Gasteiger partial charge in [-0.25, -0.2) is 8.42 Å². The van der Waals surface area contributed by atoms with E-state index in [-0.39, 0.29) is 10.6 Å². The maximum atomic E-state index is 13.0. The van der Waals surface area contributed by atoms with Gasteiger partial charge < -0.3 is 14.2 Å². The molecule has 2 fully saturated rings. The fraction of sp³-hybridized carbons (Fsp3) is 0.600.